The van der Waals surface area contributed by atoms with Crippen molar-refractivity contribution in [1.82, 2.24) is 26.2 Å². The third-order valence-electron chi connectivity index (χ3n) is 8.08. The number of ketones is 1. The fourth-order valence-corrected chi connectivity index (χ4v) is 5.56. The Bertz CT molecular complexity index is 1120. The van der Waals surface area contributed by atoms with Crippen molar-refractivity contribution in [3.63, 3.8) is 0 Å². The molecular weight excluding hydrogens is 552 g/mol. The maximum absolute atomic E-state index is 13.3. The lowest BCUT2D eigenvalue weighted by molar-refractivity contribution is -0.142. The Morgan fingerprint density at radius 3 is 2.33 bits per heavy atom. The van der Waals surface area contributed by atoms with E-state index in [-0.39, 0.29) is 24.1 Å². The van der Waals surface area contributed by atoms with Crippen LogP contribution < -0.4 is 21.3 Å². The van der Waals surface area contributed by atoms with Gasteiger partial charge in [0, 0.05) is 25.0 Å². The fraction of sp³-hybridized carbons (Fsp3) is 0.645. The number of Topliss-reactive ketones (excluding diaryl/α,β-unsaturated/α-hetero) is 1. The normalized spacial score (nSPS) is 20.4. The number of nitrogens with one attached hydrogen (secondary N) is 4. The van der Waals surface area contributed by atoms with Gasteiger partial charge in [-0.3, -0.25) is 33.8 Å². The first-order valence-corrected chi connectivity index (χ1v) is 15.5. The van der Waals surface area contributed by atoms with Gasteiger partial charge in [-0.1, -0.05) is 45.3 Å². The standard InChI is InChI=1S/C31H46N6O6/c1-4-10-23(27(39)31(43)34-22-14-15-22)35-29(41)24-13-9-17-37(24)25(38)19-33-30(42)26(21-11-7-6-8-12-21)36-28(40)20(3)18-32-16-5-2/h5,16,18,21-24,26H,3-4,6-15,17,19H2,1-2H3,(H,33,42)(H,34,43)(H,35,41)(H,36,40)/b16-5-,32-18?. The summed E-state index contributed by atoms with van der Waals surface area (Å²) in [6, 6.07) is -2.59. The van der Waals surface area contributed by atoms with E-state index in [4.69, 9.17) is 0 Å². The Labute approximate surface area is 253 Å². The second-order valence-electron chi connectivity index (χ2n) is 11.6. The Balaban J connectivity index is 1.59. The summed E-state index contributed by atoms with van der Waals surface area (Å²) in [5.74, 6) is -3.37. The maximum atomic E-state index is 13.3. The van der Waals surface area contributed by atoms with E-state index in [1.165, 1.54) is 17.3 Å². The number of hydrogen-bond acceptors (Lipinski definition) is 7. The number of aliphatic imine (C=N–C) groups is 1. The number of carbonyl (C=O) groups excluding carboxylic acids is 6. The largest absolute Gasteiger partial charge is 0.347 e. The molecule has 1 aliphatic heterocycles. The highest BCUT2D eigenvalue weighted by atomic mass is 16.2. The Morgan fingerprint density at radius 1 is 0.953 bits per heavy atom. The number of nitrogens with zero attached hydrogens (tertiary/aromatic N) is 2. The van der Waals surface area contributed by atoms with Crippen LogP contribution in [-0.4, -0.2) is 83.7 Å². The van der Waals surface area contributed by atoms with Crippen LogP contribution >= 0.6 is 0 Å². The number of rotatable bonds is 15. The Kier molecular flexibility index (Phi) is 13.1. The van der Waals surface area contributed by atoms with Gasteiger partial charge in [0.2, 0.25) is 23.5 Å². The number of carbonyl (C=O) groups is 6. The molecule has 12 heteroatoms. The minimum atomic E-state index is -0.967. The van der Waals surface area contributed by atoms with Crippen LogP contribution in [0.1, 0.15) is 84.5 Å². The lowest BCUT2D eigenvalue weighted by Crippen LogP contribution is -2.56. The van der Waals surface area contributed by atoms with E-state index in [9.17, 15) is 28.8 Å². The molecule has 1 heterocycles. The van der Waals surface area contributed by atoms with Crippen molar-refractivity contribution < 1.29 is 28.8 Å². The summed E-state index contributed by atoms with van der Waals surface area (Å²) in [4.78, 5) is 82.9. The average molecular weight is 599 g/mol. The fourth-order valence-electron chi connectivity index (χ4n) is 5.56. The molecule has 5 amide bonds. The van der Waals surface area contributed by atoms with Crippen molar-refractivity contribution in [2.24, 2.45) is 10.9 Å². The molecule has 3 unspecified atom stereocenters. The first kappa shape index (κ1) is 33.7. The predicted octanol–water partition coefficient (Wildman–Crippen LogP) is 1.45. The van der Waals surface area contributed by atoms with Gasteiger partial charge in [0.05, 0.1) is 18.2 Å². The smallest absolute Gasteiger partial charge is 0.289 e. The SMILES string of the molecule is C=C(C=N/C=C\C)C(=O)NC(C(=O)NCC(=O)N1CCCC1C(=O)NC(CCC)C(=O)C(=O)NC1CC1)C1CCCCC1. The third kappa shape index (κ3) is 10.1. The molecule has 3 rings (SSSR count). The van der Waals surface area contributed by atoms with E-state index in [0.717, 1.165) is 44.9 Å². The molecule has 3 fully saturated rings. The van der Waals surface area contributed by atoms with Crippen LogP contribution in [0.2, 0.25) is 0 Å². The summed E-state index contributed by atoms with van der Waals surface area (Å²) in [7, 11) is 0. The van der Waals surface area contributed by atoms with Crippen molar-refractivity contribution in [1.29, 1.82) is 0 Å². The molecule has 43 heavy (non-hydrogen) atoms. The van der Waals surface area contributed by atoms with Gasteiger partial charge >= 0.3 is 0 Å². The van der Waals surface area contributed by atoms with Gasteiger partial charge in [-0.15, -0.1) is 0 Å². The second kappa shape index (κ2) is 16.7. The van der Waals surface area contributed by atoms with Crippen molar-refractivity contribution in [3.8, 4) is 0 Å². The van der Waals surface area contributed by atoms with Gasteiger partial charge in [0.25, 0.3) is 11.8 Å². The molecular formula is C31H46N6O6. The van der Waals surface area contributed by atoms with Crippen LogP contribution in [0.15, 0.2) is 29.4 Å². The van der Waals surface area contributed by atoms with E-state index in [2.05, 4.69) is 32.8 Å². The van der Waals surface area contributed by atoms with Gasteiger partial charge in [-0.2, -0.15) is 0 Å². The Morgan fingerprint density at radius 2 is 1.67 bits per heavy atom. The monoisotopic (exact) mass is 598 g/mol. The molecule has 2 saturated carbocycles. The van der Waals surface area contributed by atoms with Crippen LogP contribution in [0.3, 0.4) is 0 Å². The van der Waals surface area contributed by atoms with Gasteiger partial charge in [-0.25, -0.2) is 0 Å². The second-order valence-corrected chi connectivity index (χ2v) is 11.6. The molecule has 0 bridgehead atoms. The zero-order valence-corrected chi connectivity index (χ0v) is 25.4. The molecule has 0 aromatic rings. The number of amides is 5. The van der Waals surface area contributed by atoms with Crippen molar-refractivity contribution >= 4 is 41.5 Å². The van der Waals surface area contributed by atoms with Crippen LogP contribution in [0.4, 0.5) is 0 Å². The predicted molar refractivity (Wildman–Crippen MR) is 162 cm³/mol. The first-order valence-electron chi connectivity index (χ1n) is 15.5. The number of hydrogen-bond donors (Lipinski definition) is 4. The number of allylic oxidation sites excluding steroid dienone is 1. The summed E-state index contributed by atoms with van der Waals surface area (Å²) < 4.78 is 0. The van der Waals surface area contributed by atoms with E-state index in [0.29, 0.717) is 32.2 Å². The molecule has 0 aromatic carbocycles. The molecule has 3 atom stereocenters. The van der Waals surface area contributed by atoms with Crippen molar-refractivity contribution in [2.45, 2.75) is 109 Å². The van der Waals surface area contributed by atoms with E-state index in [1.54, 1.807) is 13.0 Å². The molecule has 0 aromatic heterocycles. The first-order chi connectivity index (χ1) is 20.7. The van der Waals surface area contributed by atoms with Gasteiger partial charge in [-0.05, 0) is 57.8 Å². The van der Waals surface area contributed by atoms with Crippen molar-refractivity contribution in [3.05, 3.63) is 24.4 Å². The molecule has 4 N–H and O–H groups in total. The minimum Gasteiger partial charge on any atom is -0.347 e. The summed E-state index contributed by atoms with van der Waals surface area (Å²) in [6.45, 7) is 7.37. The Hall–Kier alpha value is -3.83. The molecule has 0 radical (unpaired) electrons. The summed E-state index contributed by atoms with van der Waals surface area (Å²) in [5.41, 5.74) is 0.110. The van der Waals surface area contributed by atoms with Gasteiger partial charge in [0.15, 0.2) is 0 Å². The topological polar surface area (TPSA) is 166 Å². The molecule has 3 aliphatic rings. The zero-order valence-electron chi connectivity index (χ0n) is 25.4. The number of likely N-dealkylation sites (tertiary alicyclic amines) is 1. The average Bonchev–Trinajstić information content (AvgIpc) is 3.68. The van der Waals surface area contributed by atoms with Crippen LogP contribution in [0.25, 0.3) is 0 Å². The van der Waals surface area contributed by atoms with Gasteiger partial charge < -0.3 is 26.2 Å². The highest BCUT2D eigenvalue weighted by Gasteiger charge is 2.38. The van der Waals surface area contributed by atoms with E-state index in [1.807, 2.05) is 6.92 Å². The van der Waals surface area contributed by atoms with E-state index >= 15 is 0 Å². The molecule has 1 saturated heterocycles. The molecule has 0 spiro atoms. The highest BCUT2D eigenvalue weighted by molar-refractivity contribution is 6.38. The van der Waals surface area contributed by atoms with Crippen LogP contribution in [0, 0.1) is 5.92 Å². The lowest BCUT2D eigenvalue weighted by Gasteiger charge is -2.30. The van der Waals surface area contributed by atoms with Crippen molar-refractivity contribution in [2.75, 3.05) is 13.1 Å². The molecule has 236 valence electrons. The highest BCUT2D eigenvalue weighted by Crippen LogP contribution is 2.27. The summed E-state index contributed by atoms with van der Waals surface area (Å²) in [5, 5.41) is 10.8. The lowest BCUT2D eigenvalue weighted by atomic mass is 9.83. The van der Waals surface area contributed by atoms with Crippen LogP contribution in [0.5, 0.6) is 0 Å². The van der Waals surface area contributed by atoms with Gasteiger partial charge in [0.1, 0.15) is 12.1 Å². The molecule has 12 nitrogen and oxygen atoms in total. The minimum absolute atomic E-state index is 0.0227. The quantitative estimate of drug-likeness (QED) is 0.127. The zero-order chi connectivity index (χ0) is 31.4. The summed E-state index contributed by atoms with van der Waals surface area (Å²) >= 11 is 0. The van der Waals surface area contributed by atoms with Crippen LogP contribution in [-0.2, 0) is 28.8 Å². The third-order valence-corrected chi connectivity index (χ3v) is 8.08. The maximum Gasteiger partial charge on any atom is 0.289 e. The van der Waals surface area contributed by atoms with E-state index < -0.39 is 53.4 Å². The molecule has 2 aliphatic carbocycles. The summed E-state index contributed by atoms with van der Waals surface area (Å²) in [6.07, 6.45) is 12.6.